The number of hydrogen-bond donors (Lipinski definition) is 1. The highest BCUT2D eigenvalue weighted by Crippen LogP contribution is 2.25. The molecule has 3 rings (SSSR count). The molecule has 0 fully saturated rings. The highest BCUT2D eigenvalue weighted by atomic mass is 35.5. The van der Waals surface area contributed by atoms with E-state index >= 15 is 0 Å². The Morgan fingerprint density at radius 2 is 1.76 bits per heavy atom. The molecule has 0 bridgehead atoms. The average Bonchev–Trinajstić information content (AvgIpc) is 3.21. The Labute approximate surface area is 207 Å². The number of hydrogen-bond acceptors (Lipinski definition) is 4. The summed E-state index contributed by atoms with van der Waals surface area (Å²) in [4.78, 5) is 27.2. The molecule has 0 aromatic heterocycles. The molecule has 2 aromatic carbocycles. The van der Waals surface area contributed by atoms with Gasteiger partial charge in [0.25, 0.3) is 5.91 Å². The molecule has 34 heavy (non-hydrogen) atoms. The van der Waals surface area contributed by atoms with Crippen LogP contribution in [-0.2, 0) is 22.7 Å². The van der Waals surface area contributed by atoms with Crippen molar-refractivity contribution in [2.45, 2.75) is 47.2 Å². The van der Waals surface area contributed by atoms with E-state index in [9.17, 15) is 14.0 Å². The summed E-state index contributed by atoms with van der Waals surface area (Å²) in [6.45, 7) is 5.76. The Hall–Kier alpha value is -2.64. The molecule has 1 heterocycles. The Kier molecular flexibility index (Phi) is 10.3. The minimum absolute atomic E-state index is 0. The summed E-state index contributed by atoms with van der Waals surface area (Å²) in [5, 5.41) is 6.70. The van der Waals surface area contributed by atoms with E-state index < -0.39 is 5.82 Å². The summed E-state index contributed by atoms with van der Waals surface area (Å²) in [7, 11) is 1.70. The molecule has 8 heteroatoms. The molecule has 6 nitrogen and oxygen atoms in total. The number of amides is 2. The van der Waals surface area contributed by atoms with Gasteiger partial charge in [0.2, 0.25) is 5.91 Å². The summed E-state index contributed by atoms with van der Waals surface area (Å²) in [5.41, 5.74) is 2.48. The van der Waals surface area contributed by atoms with E-state index in [-0.39, 0.29) is 38.0 Å². The number of benzene rings is 2. The fourth-order valence-corrected chi connectivity index (χ4v) is 4.04. The van der Waals surface area contributed by atoms with Crippen molar-refractivity contribution in [3.05, 3.63) is 64.4 Å². The van der Waals surface area contributed by atoms with Crippen molar-refractivity contribution < 1.29 is 14.0 Å². The van der Waals surface area contributed by atoms with Crippen molar-refractivity contribution in [3.63, 3.8) is 0 Å². The number of nitrogens with zero attached hydrogens (tertiary/aromatic N) is 3. The van der Waals surface area contributed by atoms with Gasteiger partial charge in [-0.3, -0.25) is 14.6 Å². The van der Waals surface area contributed by atoms with Crippen LogP contribution in [0.5, 0.6) is 0 Å². The van der Waals surface area contributed by atoms with Crippen LogP contribution >= 0.6 is 11.6 Å². The molecule has 0 atom stereocenters. The zero-order valence-corrected chi connectivity index (χ0v) is 20.2. The number of nitrogens with one attached hydrogen (secondary N) is 1. The molecule has 1 aliphatic heterocycles. The number of rotatable bonds is 10. The van der Waals surface area contributed by atoms with E-state index in [0.717, 1.165) is 12.8 Å². The normalized spacial score (nSPS) is 12.8. The number of carbonyl (C=O) groups excluding carboxylic acids is 2. The SMILES string of the molecule is C.CC(C)CCCNC(=O)CN(CC(=O)N(C)N1Cc2ccccc2C1)c1cc(Cl)ccc1F. The molecule has 0 radical (unpaired) electrons. The van der Waals surface area contributed by atoms with Gasteiger partial charge in [0, 0.05) is 31.7 Å². The Morgan fingerprint density at radius 1 is 1.12 bits per heavy atom. The van der Waals surface area contributed by atoms with Gasteiger partial charge >= 0.3 is 0 Å². The van der Waals surface area contributed by atoms with Gasteiger partial charge in [-0.15, -0.1) is 0 Å². The van der Waals surface area contributed by atoms with Crippen LogP contribution in [-0.4, -0.2) is 48.5 Å². The van der Waals surface area contributed by atoms with Gasteiger partial charge in [-0.1, -0.05) is 57.1 Å². The summed E-state index contributed by atoms with van der Waals surface area (Å²) >= 11 is 6.09. The molecular weight excluding hydrogens is 455 g/mol. The predicted molar refractivity (Wildman–Crippen MR) is 136 cm³/mol. The van der Waals surface area contributed by atoms with Gasteiger partial charge in [-0.25, -0.2) is 9.40 Å². The highest BCUT2D eigenvalue weighted by molar-refractivity contribution is 6.30. The molecular formula is C26H36ClFN4O2. The van der Waals surface area contributed by atoms with Gasteiger partial charge in [-0.2, -0.15) is 0 Å². The van der Waals surface area contributed by atoms with Crippen LogP contribution in [0.4, 0.5) is 10.1 Å². The second-order valence-electron chi connectivity index (χ2n) is 8.85. The quantitative estimate of drug-likeness (QED) is 0.483. The lowest BCUT2D eigenvalue weighted by Crippen LogP contribution is -2.48. The molecule has 0 spiro atoms. The monoisotopic (exact) mass is 490 g/mol. The first kappa shape index (κ1) is 27.6. The van der Waals surface area contributed by atoms with Crippen LogP contribution < -0.4 is 10.2 Å². The van der Waals surface area contributed by atoms with Crippen LogP contribution in [0.3, 0.4) is 0 Å². The largest absolute Gasteiger partial charge is 0.355 e. The van der Waals surface area contributed by atoms with Crippen molar-refractivity contribution in [1.29, 1.82) is 0 Å². The standard InChI is InChI=1S/C25H32ClFN4O2.CH4/c1-18(2)7-6-12-28-24(32)16-30(23-13-21(26)10-11-22(23)27)17-25(33)29(3)31-14-19-8-4-5-9-20(19)15-31;/h4-5,8-11,13,18H,6-7,12,14-17H2,1-3H3,(H,28,32);1H4. The molecule has 2 aromatic rings. The lowest BCUT2D eigenvalue weighted by Gasteiger charge is -2.31. The van der Waals surface area contributed by atoms with Gasteiger partial charge in [-0.05, 0) is 48.1 Å². The molecule has 2 amide bonds. The lowest BCUT2D eigenvalue weighted by molar-refractivity contribution is -0.145. The van der Waals surface area contributed by atoms with Crippen LogP contribution in [0.2, 0.25) is 5.02 Å². The maximum absolute atomic E-state index is 14.6. The van der Waals surface area contributed by atoms with Gasteiger partial charge in [0.05, 0.1) is 18.8 Å². The zero-order chi connectivity index (χ0) is 24.0. The van der Waals surface area contributed by atoms with Crippen LogP contribution in [0, 0.1) is 11.7 Å². The number of hydrazine groups is 1. The van der Waals surface area contributed by atoms with E-state index in [1.807, 2.05) is 29.3 Å². The topological polar surface area (TPSA) is 55.9 Å². The van der Waals surface area contributed by atoms with Gasteiger partial charge in [0.15, 0.2) is 0 Å². The van der Waals surface area contributed by atoms with Crippen molar-refractivity contribution >= 4 is 29.1 Å². The fourth-order valence-electron chi connectivity index (χ4n) is 3.87. The van der Waals surface area contributed by atoms with E-state index in [1.54, 1.807) is 12.1 Å². The van der Waals surface area contributed by atoms with E-state index in [1.165, 1.54) is 34.2 Å². The van der Waals surface area contributed by atoms with Crippen molar-refractivity contribution in [2.75, 3.05) is 31.6 Å². The lowest BCUT2D eigenvalue weighted by atomic mass is 10.1. The van der Waals surface area contributed by atoms with E-state index in [4.69, 9.17) is 11.6 Å². The van der Waals surface area contributed by atoms with Crippen LogP contribution in [0.25, 0.3) is 0 Å². The first-order chi connectivity index (χ1) is 15.7. The van der Waals surface area contributed by atoms with Crippen molar-refractivity contribution in [1.82, 2.24) is 15.3 Å². The summed E-state index contributed by atoms with van der Waals surface area (Å²) in [6.07, 6.45) is 1.88. The number of likely N-dealkylation sites (N-methyl/N-ethyl adjacent to an activating group) is 1. The first-order valence-corrected chi connectivity index (χ1v) is 11.7. The Bertz CT molecular complexity index is 960. The fraction of sp³-hybridized carbons (Fsp3) is 0.462. The molecule has 0 aliphatic carbocycles. The summed E-state index contributed by atoms with van der Waals surface area (Å²) < 4.78 is 14.6. The minimum atomic E-state index is -0.531. The molecule has 0 saturated heterocycles. The Morgan fingerprint density at radius 3 is 2.38 bits per heavy atom. The van der Waals surface area contributed by atoms with Gasteiger partial charge < -0.3 is 10.2 Å². The molecule has 1 N–H and O–H groups in total. The highest BCUT2D eigenvalue weighted by Gasteiger charge is 2.27. The molecule has 1 aliphatic rings. The maximum atomic E-state index is 14.6. The van der Waals surface area contributed by atoms with Crippen LogP contribution in [0.1, 0.15) is 45.2 Å². The Balaban J connectivity index is 0.00000408. The van der Waals surface area contributed by atoms with E-state index in [2.05, 4.69) is 19.2 Å². The number of halogens is 2. The smallest absolute Gasteiger partial charge is 0.256 e. The average molecular weight is 491 g/mol. The van der Waals surface area contributed by atoms with E-state index in [0.29, 0.717) is 30.6 Å². The van der Waals surface area contributed by atoms with Crippen molar-refractivity contribution in [3.8, 4) is 0 Å². The van der Waals surface area contributed by atoms with Crippen molar-refractivity contribution in [2.24, 2.45) is 5.92 Å². The summed E-state index contributed by atoms with van der Waals surface area (Å²) in [6, 6.07) is 12.2. The molecule has 186 valence electrons. The number of anilines is 1. The number of carbonyl (C=O) groups is 2. The summed E-state index contributed by atoms with van der Waals surface area (Å²) in [5.74, 6) is -0.475. The number of fused-ring (bicyclic) bond motifs is 1. The third-order valence-corrected chi connectivity index (χ3v) is 6.03. The first-order valence-electron chi connectivity index (χ1n) is 11.3. The molecule has 0 saturated carbocycles. The third-order valence-electron chi connectivity index (χ3n) is 5.80. The second-order valence-corrected chi connectivity index (χ2v) is 9.28. The third kappa shape index (κ3) is 7.43. The predicted octanol–water partition coefficient (Wildman–Crippen LogP) is 4.86. The van der Waals surface area contributed by atoms with Gasteiger partial charge in [0.1, 0.15) is 5.82 Å². The second kappa shape index (κ2) is 12.7. The van der Waals surface area contributed by atoms with Crippen LogP contribution in [0.15, 0.2) is 42.5 Å². The molecule has 0 unspecified atom stereocenters. The maximum Gasteiger partial charge on any atom is 0.256 e. The minimum Gasteiger partial charge on any atom is -0.355 e. The zero-order valence-electron chi connectivity index (χ0n) is 19.5.